The van der Waals surface area contributed by atoms with Gasteiger partial charge in [-0.3, -0.25) is 19.2 Å². The van der Waals surface area contributed by atoms with Crippen molar-refractivity contribution in [2.24, 2.45) is 17.4 Å². The Hall–Kier alpha value is -2.38. The number of amides is 3. The van der Waals surface area contributed by atoms with Crippen molar-refractivity contribution in [3.63, 3.8) is 0 Å². The van der Waals surface area contributed by atoms with Crippen molar-refractivity contribution in [1.82, 2.24) is 16.0 Å². The number of rotatable bonds is 16. The Bertz CT molecular complexity index is 664. The van der Waals surface area contributed by atoms with Gasteiger partial charge in [-0.1, -0.05) is 26.7 Å². The van der Waals surface area contributed by atoms with Gasteiger partial charge in [0.15, 0.2) is 0 Å². The van der Waals surface area contributed by atoms with Gasteiger partial charge in [0.05, 0.1) is 12.5 Å². The molecule has 0 saturated heterocycles. The fraction of sp³-hybridized carbons (Fsp3) is 0.737. The lowest BCUT2D eigenvalue weighted by Gasteiger charge is -2.27. The molecule has 9 N–H and O–H groups in total. The van der Waals surface area contributed by atoms with Crippen LogP contribution < -0.4 is 27.4 Å². The molecule has 0 radical (unpaired) electrons. The van der Waals surface area contributed by atoms with E-state index in [4.69, 9.17) is 21.7 Å². The third-order valence-corrected chi connectivity index (χ3v) is 5.27. The van der Waals surface area contributed by atoms with E-state index in [2.05, 4.69) is 28.6 Å². The lowest BCUT2D eigenvalue weighted by molar-refractivity contribution is -0.147. The Labute approximate surface area is 192 Å². The van der Waals surface area contributed by atoms with Crippen molar-refractivity contribution in [2.45, 2.75) is 70.1 Å². The highest BCUT2D eigenvalue weighted by Gasteiger charge is 2.33. The van der Waals surface area contributed by atoms with Crippen LogP contribution in [0.25, 0.3) is 0 Å². The smallest absolute Gasteiger partial charge is 0.326 e. The average molecular weight is 478 g/mol. The Morgan fingerprint density at radius 2 is 1.53 bits per heavy atom. The summed E-state index contributed by atoms with van der Waals surface area (Å²) in [4.78, 5) is 59.7. The van der Waals surface area contributed by atoms with Crippen LogP contribution in [0.3, 0.4) is 0 Å². The minimum Gasteiger partial charge on any atom is -0.481 e. The summed E-state index contributed by atoms with van der Waals surface area (Å²) in [6.45, 7) is 3.91. The van der Waals surface area contributed by atoms with E-state index in [0.29, 0.717) is 32.2 Å². The molecular weight excluding hydrogens is 442 g/mol. The number of carbonyl (C=O) groups excluding carboxylic acids is 3. The molecule has 13 heteroatoms. The second-order valence-corrected chi connectivity index (χ2v) is 7.87. The van der Waals surface area contributed by atoms with Gasteiger partial charge < -0.3 is 37.6 Å². The highest BCUT2D eigenvalue weighted by molar-refractivity contribution is 7.80. The molecule has 0 saturated carbocycles. The van der Waals surface area contributed by atoms with Gasteiger partial charge in [-0.05, 0) is 25.3 Å². The summed E-state index contributed by atoms with van der Waals surface area (Å²) in [5.41, 5.74) is 11.2. The predicted octanol–water partition coefficient (Wildman–Crippen LogP) is -1.57. The lowest BCUT2D eigenvalue weighted by atomic mass is 9.97. The largest absolute Gasteiger partial charge is 0.481 e. The molecular formula is C19H35N5O7S. The van der Waals surface area contributed by atoms with Crippen LogP contribution >= 0.6 is 12.6 Å². The van der Waals surface area contributed by atoms with Crippen molar-refractivity contribution < 1.29 is 34.2 Å². The van der Waals surface area contributed by atoms with Crippen molar-refractivity contribution in [3.05, 3.63) is 0 Å². The third-order valence-electron chi connectivity index (χ3n) is 4.91. The van der Waals surface area contributed by atoms with E-state index in [-0.39, 0.29) is 5.75 Å². The van der Waals surface area contributed by atoms with Gasteiger partial charge in [-0.2, -0.15) is 12.6 Å². The normalized spacial score (nSPS) is 15.5. The summed E-state index contributed by atoms with van der Waals surface area (Å²) < 4.78 is 0. The number of carbonyl (C=O) groups is 5. The summed E-state index contributed by atoms with van der Waals surface area (Å²) in [6.07, 6.45) is 1.39. The van der Waals surface area contributed by atoms with Crippen molar-refractivity contribution in [2.75, 3.05) is 12.3 Å². The molecule has 0 rings (SSSR count). The van der Waals surface area contributed by atoms with Crippen molar-refractivity contribution in [3.8, 4) is 0 Å². The molecule has 0 aliphatic heterocycles. The maximum atomic E-state index is 12.7. The fourth-order valence-corrected chi connectivity index (χ4v) is 2.96. The van der Waals surface area contributed by atoms with E-state index in [1.54, 1.807) is 13.8 Å². The maximum Gasteiger partial charge on any atom is 0.326 e. The SMILES string of the molecule is CCC(C)C(NC(=O)C(CS)NC(=O)C(N)CCCCN)C(=O)NC(CC(=O)O)C(=O)O. The van der Waals surface area contributed by atoms with Gasteiger partial charge in [-0.25, -0.2) is 4.79 Å². The minimum atomic E-state index is -1.66. The van der Waals surface area contributed by atoms with Gasteiger partial charge in [0.25, 0.3) is 0 Å². The highest BCUT2D eigenvalue weighted by Crippen LogP contribution is 2.10. The minimum absolute atomic E-state index is 0.0707. The summed E-state index contributed by atoms with van der Waals surface area (Å²) >= 11 is 4.08. The van der Waals surface area contributed by atoms with Crippen molar-refractivity contribution >= 4 is 42.3 Å². The van der Waals surface area contributed by atoms with Crippen molar-refractivity contribution in [1.29, 1.82) is 0 Å². The van der Waals surface area contributed by atoms with Gasteiger partial charge in [0, 0.05) is 5.75 Å². The van der Waals surface area contributed by atoms with E-state index in [0.717, 1.165) is 0 Å². The Morgan fingerprint density at radius 3 is 2.00 bits per heavy atom. The molecule has 0 spiro atoms. The first-order valence-electron chi connectivity index (χ1n) is 10.4. The molecule has 184 valence electrons. The second kappa shape index (κ2) is 15.4. The molecule has 12 nitrogen and oxygen atoms in total. The van der Waals surface area contributed by atoms with Crippen LogP contribution in [0.4, 0.5) is 0 Å². The van der Waals surface area contributed by atoms with Gasteiger partial charge in [0.2, 0.25) is 17.7 Å². The van der Waals surface area contributed by atoms with Crippen LogP contribution in [0.2, 0.25) is 0 Å². The van der Waals surface area contributed by atoms with Crippen LogP contribution in [-0.4, -0.2) is 76.3 Å². The number of carboxylic acids is 2. The quantitative estimate of drug-likeness (QED) is 0.0950. The topological polar surface area (TPSA) is 214 Å². The highest BCUT2D eigenvalue weighted by atomic mass is 32.1. The number of nitrogens with two attached hydrogens (primary N) is 2. The third kappa shape index (κ3) is 10.8. The van der Waals surface area contributed by atoms with E-state index >= 15 is 0 Å². The number of unbranched alkanes of at least 4 members (excludes halogenated alkanes) is 1. The molecule has 0 heterocycles. The second-order valence-electron chi connectivity index (χ2n) is 7.50. The molecule has 32 heavy (non-hydrogen) atoms. The number of thiol groups is 1. The molecule has 0 aromatic rings. The molecule has 5 atom stereocenters. The number of hydrogen-bond donors (Lipinski definition) is 8. The molecule has 0 fully saturated rings. The van der Waals surface area contributed by atoms with Crippen LogP contribution in [0.1, 0.15) is 46.0 Å². The predicted molar refractivity (Wildman–Crippen MR) is 120 cm³/mol. The first kappa shape index (κ1) is 29.6. The van der Waals surface area contributed by atoms with Gasteiger partial charge >= 0.3 is 11.9 Å². The summed E-state index contributed by atoms with van der Waals surface area (Å²) in [7, 11) is 0. The first-order valence-corrected chi connectivity index (χ1v) is 11.0. The maximum absolute atomic E-state index is 12.7. The standard InChI is InChI=1S/C19H35N5O7S/c1-3-10(2)15(18(29)22-12(19(30)31)8-14(25)26)24-17(28)13(9-32)23-16(27)11(21)6-4-5-7-20/h10-13,15,32H,3-9,20-21H2,1-2H3,(H,22,29)(H,23,27)(H,24,28)(H,25,26)(H,30,31). The fourth-order valence-electron chi connectivity index (χ4n) is 2.70. The van der Waals surface area contributed by atoms with E-state index < -0.39 is 66.2 Å². The summed E-state index contributed by atoms with van der Waals surface area (Å²) in [5, 5.41) is 25.1. The molecule has 5 unspecified atom stereocenters. The van der Waals surface area contributed by atoms with E-state index in [9.17, 15) is 24.0 Å². The van der Waals surface area contributed by atoms with Crippen LogP contribution in [-0.2, 0) is 24.0 Å². The van der Waals surface area contributed by atoms with E-state index in [1.807, 2.05) is 0 Å². The van der Waals surface area contributed by atoms with Crippen LogP contribution in [0.5, 0.6) is 0 Å². The summed E-state index contributed by atoms with van der Waals surface area (Å²) in [5.74, 6) is -5.49. The molecule has 0 aliphatic carbocycles. The molecule has 0 aromatic heterocycles. The summed E-state index contributed by atoms with van der Waals surface area (Å²) in [6, 6.07) is -4.73. The number of hydrogen-bond acceptors (Lipinski definition) is 8. The van der Waals surface area contributed by atoms with Crippen LogP contribution in [0.15, 0.2) is 0 Å². The van der Waals surface area contributed by atoms with Gasteiger partial charge in [0.1, 0.15) is 18.1 Å². The Balaban J connectivity index is 5.24. The zero-order valence-corrected chi connectivity index (χ0v) is 19.3. The Kier molecular flexibility index (Phi) is 14.3. The number of carboxylic acid groups (broad SMARTS) is 2. The molecule has 0 aromatic carbocycles. The average Bonchev–Trinajstić information content (AvgIpc) is 2.73. The first-order chi connectivity index (χ1) is 15.0. The molecule has 3 amide bonds. The van der Waals surface area contributed by atoms with Gasteiger partial charge in [-0.15, -0.1) is 0 Å². The monoisotopic (exact) mass is 477 g/mol. The number of aliphatic carboxylic acids is 2. The van der Waals surface area contributed by atoms with Crippen LogP contribution in [0, 0.1) is 5.92 Å². The molecule has 0 aliphatic rings. The Morgan fingerprint density at radius 1 is 0.938 bits per heavy atom. The lowest BCUT2D eigenvalue weighted by Crippen LogP contribution is -2.59. The molecule has 0 bridgehead atoms. The zero-order valence-electron chi connectivity index (χ0n) is 18.4. The zero-order chi connectivity index (χ0) is 24.8. The number of nitrogens with one attached hydrogen (secondary N) is 3. The van der Waals surface area contributed by atoms with E-state index in [1.165, 1.54) is 0 Å².